The Kier molecular flexibility index (Phi) is 6.58. The zero-order valence-electron chi connectivity index (χ0n) is 14.9. The number of aromatic nitrogens is 2. The maximum Gasteiger partial charge on any atom is 0.274 e. The van der Waals surface area contributed by atoms with Crippen LogP contribution < -0.4 is 15.4 Å². The molecule has 2 rings (SSSR count). The van der Waals surface area contributed by atoms with E-state index in [0.29, 0.717) is 34.0 Å². The van der Waals surface area contributed by atoms with E-state index in [1.807, 2.05) is 6.92 Å². The Morgan fingerprint density at radius 2 is 2.04 bits per heavy atom. The first kappa shape index (κ1) is 19.0. The third-order valence-electron chi connectivity index (χ3n) is 3.50. The van der Waals surface area contributed by atoms with Crippen molar-refractivity contribution < 1.29 is 9.53 Å². The molecule has 0 spiro atoms. The minimum Gasteiger partial charge on any atom is -0.495 e. The molecular formula is C18H23ClN4O2. The molecule has 25 heavy (non-hydrogen) atoms. The van der Waals surface area contributed by atoms with Gasteiger partial charge in [-0.25, -0.2) is 9.97 Å². The molecule has 134 valence electrons. The first-order valence-electron chi connectivity index (χ1n) is 8.13. The smallest absolute Gasteiger partial charge is 0.274 e. The fourth-order valence-corrected chi connectivity index (χ4v) is 2.37. The van der Waals surface area contributed by atoms with Crippen molar-refractivity contribution in [1.29, 1.82) is 0 Å². The Morgan fingerprint density at radius 3 is 2.72 bits per heavy atom. The quantitative estimate of drug-likeness (QED) is 0.773. The molecule has 0 aliphatic heterocycles. The van der Waals surface area contributed by atoms with Crippen LogP contribution in [0.1, 0.15) is 36.5 Å². The molecular weight excluding hydrogens is 340 g/mol. The number of anilines is 2. The third kappa shape index (κ3) is 5.60. The van der Waals surface area contributed by atoms with Gasteiger partial charge in [-0.2, -0.15) is 0 Å². The van der Waals surface area contributed by atoms with Gasteiger partial charge < -0.3 is 15.4 Å². The highest BCUT2D eigenvalue weighted by molar-refractivity contribution is 6.31. The van der Waals surface area contributed by atoms with Gasteiger partial charge in [0, 0.05) is 17.3 Å². The molecule has 1 aromatic heterocycles. The summed E-state index contributed by atoms with van der Waals surface area (Å²) in [6.07, 6.45) is 0.999. The number of amides is 1. The van der Waals surface area contributed by atoms with Crippen LogP contribution in [0.25, 0.3) is 0 Å². The predicted octanol–water partition coefficient (Wildman–Crippen LogP) is 4.16. The van der Waals surface area contributed by atoms with Gasteiger partial charge in [-0.15, -0.1) is 0 Å². The number of nitrogens with one attached hydrogen (secondary N) is 2. The Morgan fingerprint density at radius 1 is 1.28 bits per heavy atom. The molecule has 0 unspecified atom stereocenters. The summed E-state index contributed by atoms with van der Waals surface area (Å²) in [5, 5.41) is 6.45. The summed E-state index contributed by atoms with van der Waals surface area (Å²) in [6, 6.07) is 6.66. The second-order valence-electron chi connectivity index (χ2n) is 6.13. The van der Waals surface area contributed by atoms with E-state index in [4.69, 9.17) is 16.3 Å². The van der Waals surface area contributed by atoms with Crippen LogP contribution in [0.3, 0.4) is 0 Å². The fraction of sp³-hybridized carbons (Fsp3) is 0.389. The fourth-order valence-electron chi connectivity index (χ4n) is 2.20. The zero-order chi connectivity index (χ0) is 18.4. The first-order valence-corrected chi connectivity index (χ1v) is 8.51. The summed E-state index contributed by atoms with van der Waals surface area (Å²) in [5.74, 6) is 1.20. The average molecular weight is 363 g/mol. The van der Waals surface area contributed by atoms with E-state index in [2.05, 4.69) is 34.4 Å². The Hall–Kier alpha value is -2.34. The van der Waals surface area contributed by atoms with Crippen molar-refractivity contribution in [2.45, 2.75) is 27.2 Å². The highest BCUT2D eigenvalue weighted by atomic mass is 35.5. The molecule has 6 nitrogen and oxygen atoms in total. The lowest BCUT2D eigenvalue weighted by atomic mass is 10.1. The van der Waals surface area contributed by atoms with Gasteiger partial charge in [0.05, 0.1) is 12.8 Å². The Labute approximate surface area is 153 Å². The lowest BCUT2D eigenvalue weighted by Crippen LogP contribution is -2.17. The van der Waals surface area contributed by atoms with Crippen molar-refractivity contribution in [3.63, 3.8) is 0 Å². The van der Waals surface area contributed by atoms with Gasteiger partial charge in [-0.3, -0.25) is 4.79 Å². The van der Waals surface area contributed by atoms with Crippen molar-refractivity contribution in [1.82, 2.24) is 9.97 Å². The van der Waals surface area contributed by atoms with Gasteiger partial charge in [0.25, 0.3) is 5.91 Å². The highest BCUT2D eigenvalue weighted by Gasteiger charge is 2.14. The molecule has 0 fully saturated rings. The Bertz CT molecular complexity index is 750. The van der Waals surface area contributed by atoms with Crippen LogP contribution >= 0.6 is 11.6 Å². The van der Waals surface area contributed by atoms with E-state index in [9.17, 15) is 4.79 Å². The van der Waals surface area contributed by atoms with E-state index in [-0.39, 0.29) is 11.6 Å². The number of ether oxygens (including phenoxy) is 1. The van der Waals surface area contributed by atoms with E-state index in [1.54, 1.807) is 24.3 Å². The number of carbonyl (C=O) groups excluding carboxylic acids is 1. The SMILES string of the molecule is COc1ccc(Cl)cc1NC(=O)c1cc(C)nc(NCCC(C)C)n1. The minimum atomic E-state index is -0.349. The number of halogens is 1. The summed E-state index contributed by atoms with van der Waals surface area (Å²) < 4.78 is 5.24. The van der Waals surface area contributed by atoms with Gasteiger partial charge in [0.15, 0.2) is 0 Å². The van der Waals surface area contributed by atoms with E-state index >= 15 is 0 Å². The maximum atomic E-state index is 12.6. The number of carbonyl (C=O) groups is 1. The topological polar surface area (TPSA) is 76.1 Å². The standard InChI is InChI=1S/C18H23ClN4O2/c1-11(2)7-8-20-18-21-12(3)9-15(23-18)17(24)22-14-10-13(19)5-6-16(14)25-4/h5-6,9-11H,7-8H2,1-4H3,(H,22,24)(H,20,21,23). The number of benzene rings is 1. The largest absolute Gasteiger partial charge is 0.495 e. The van der Waals surface area contributed by atoms with Crippen LogP contribution in [0.4, 0.5) is 11.6 Å². The molecule has 7 heteroatoms. The Balaban J connectivity index is 2.16. The molecule has 0 saturated heterocycles. The lowest BCUT2D eigenvalue weighted by Gasteiger charge is -2.12. The number of nitrogens with zero attached hydrogens (tertiary/aromatic N) is 2. The van der Waals surface area contributed by atoms with Crippen LogP contribution in [0.5, 0.6) is 5.75 Å². The summed E-state index contributed by atoms with van der Waals surface area (Å²) in [7, 11) is 1.53. The van der Waals surface area contributed by atoms with Gasteiger partial charge >= 0.3 is 0 Å². The van der Waals surface area contributed by atoms with Crippen LogP contribution in [0.15, 0.2) is 24.3 Å². The van der Waals surface area contributed by atoms with Crippen LogP contribution in [-0.2, 0) is 0 Å². The number of hydrogen-bond donors (Lipinski definition) is 2. The molecule has 0 saturated carbocycles. The molecule has 0 aliphatic carbocycles. The lowest BCUT2D eigenvalue weighted by molar-refractivity contribution is 0.102. The summed E-state index contributed by atoms with van der Waals surface area (Å²) >= 11 is 5.99. The number of hydrogen-bond acceptors (Lipinski definition) is 5. The van der Waals surface area contributed by atoms with Gasteiger partial charge in [-0.05, 0) is 43.5 Å². The monoisotopic (exact) mass is 362 g/mol. The molecule has 2 N–H and O–H groups in total. The molecule has 1 amide bonds. The molecule has 0 bridgehead atoms. The summed E-state index contributed by atoms with van der Waals surface area (Å²) in [6.45, 7) is 6.88. The number of aryl methyl sites for hydroxylation is 1. The van der Waals surface area contributed by atoms with Crippen LogP contribution in [-0.4, -0.2) is 29.5 Å². The van der Waals surface area contributed by atoms with Gasteiger partial charge in [0.1, 0.15) is 11.4 Å². The minimum absolute atomic E-state index is 0.279. The van der Waals surface area contributed by atoms with Crippen LogP contribution in [0.2, 0.25) is 5.02 Å². The van der Waals surface area contributed by atoms with Crippen molar-refractivity contribution in [3.05, 3.63) is 40.7 Å². The summed E-state index contributed by atoms with van der Waals surface area (Å²) in [4.78, 5) is 21.2. The van der Waals surface area contributed by atoms with Gasteiger partial charge in [-0.1, -0.05) is 25.4 Å². The zero-order valence-corrected chi connectivity index (χ0v) is 15.6. The first-order chi connectivity index (χ1) is 11.9. The second-order valence-corrected chi connectivity index (χ2v) is 6.56. The molecule has 0 radical (unpaired) electrons. The molecule has 1 heterocycles. The van der Waals surface area contributed by atoms with Crippen LogP contribution in [0, 0.1) is 12.8 Å². The molecule has 0 aliphatic rings. The predicted molar refractivity (Wildman–Crippen MR) is 101 cm³/mol. The van der Waals surface area contributed by atoms with Crippen molar-refractivity contribution in [2.24, 2.45) is 5.92 Å². The van der Waals surface area contributed by atoms with E-state index in [1.165, 1.54) is 7.11 Å². The van der Waals surface area contributed by atoms with E-state index < -0.39 is 0 Å². The average Bonchev–Trinajstić information content (AvgIpc) is 2.54. The van der Waals surface area contributed by atoms with Crippen molar-refractivity contribution >= 4 is 29.1 Å². The molecule has 2 aromatic rings. The normalized spacial score (nSPS) is 10.6. The summed E-state index contributed by atoms with van der Waals surface area (Å²) in [5.41, 5.74) is 1.48. The number of methoxy groups -OCH3 is 1. The van der Waals surface area contributed by atoms with Crippen molar-refractivity contribution in [3.8, 4) is 5.75 Å². The third-order valence-corrected chi connectivity index (χ3v) is 3.74. The second kappa shape index (κ2) is 8.67. The molecule has 0 atom stereocenters. The maximum absolute atomic E-state index is 12.6. The molecule has 1 aromatic carbocycles. The van der Waals surface area contributed by atoms with Crippen molar-refractivity contribution in [2.75, 3.05) is 24.3 Å². The number of rotatable bonds is 7. The van der Waals surface area contributed by atoms with Gasteiger partial charge in [0.2, 0.25) is 5.95 Å². The van der Waals surface area contributed by atoms with E-state index in [0.717, 1.165) is 13.0 Å². The highest BCUT2D eigenvalue weighted by Crippen LogP contribution is 2.28.